The molecule has 0 aliphatic carbocycles. The zero-order valence-corrected chi connectivity index (χ0v) is 14.1. The van der Waals surface area contributed by atoms with Crippen molar-refractivity contribution in [3.05, 3.63) is 59.7 Å². The Kier molecular flexibility index (Phi) is 4.55. The first-order valence-electron chi connectivity index (χ1n) is 7.67. The molecular weight excluding hydrogens is 326 g/mol. The summed E-state index contributed by atoms with van der Waals surface area (Å²) in [5.41, 5.74) is 2.82. The molecule has 0 spiro atoms. The maximum Gasteiger partial charge on any atom is 0.322 e. The monoisotopic (exact) mass is 345 g/mol. The normalized spacial score (nSPS) is 13.6. The second-order valence-electron chi connectivity index (χ2n) is 5.54. The molecule has 1 aliphatic rings. The average Bonchev–Trinajstić information content (AvgIpc) is 3.04. The predicted octanol–water partition coefficient (Wildman–Crippen LogP) is 1.87. The number of nitrogens with zero attached hydrogens (tertiary/aromatic N) is 1. The molecule has 0 saturated carbocycles. The van der Waals surface area contributed by atoms with Crippen LogP contribution in [0, 0.1) is 0 Å². The third kappa shape index (κ3) is 3.27. The maximum atomic E-state index is 12.4. The van der Waals surface area contributed by atoms with Gasteiger partial charge in [0.1, 0.15) is 0 Å². The highest BCUT2D eigenvalue weighted by Crippen LogP contribution is 2.27. The number of nitrogens with one attached hydrogen (secondary N) is 2. The first kappa shape index (κ1) is 16.5. The van der Waals surface area contributed by atoms with E-state index in [1.165, 1.54) is 13.1 Å². The van der Waals surface area contributed by atoms with Gasteiger partial charge in [-0.2, -0.15) is 0 Å². The van der Waals surface area contributed by atoms with Gasteiger partial charge >= 0.3 is 6.03 Å². The van der Waals surface area contributed by atoms with Gasteiger partial charge in [-0.05, 0) is 42.8 Å². The molecule has 0 aromatic heterocycles. The lowest BCUT2D eigenvalue weighted by Gasteiger charge is -2.18. The van der Waals surface area contributed by atoms with Crippen molar-refractivity contribution < 1.29 is 13.2 Å². The molecule has 1 heterocycles. The van der Waals surface area contributed by atoms with E-state index in [4.69, 9.17) is 0 Å². The summed E-state index contributed by atoms with van der Waals surface area (Å²) >= 11 is 0. The van der Waals surface area contributed by atoms with Crippen molar-refractivity contribution in [3.8, 4) is 0 Å². The Balaban J connectivity index is 1.69. The number of anilines is 1. The van der Waals surface area contributed by atoms with E-state index in [2.05, 4.69) is 10.0 Å². The van der Waals surface area contributed by atoms with Crippen LogP contribution in [0.4, 0.5) is 10.5 Å². The molecule has 1 aliphatic heterocycles. The molecule has 2 N–H and O–H groups in total. The lowest BCUT2D eigenvalue weighted by atomic mass is 10.2. The molecule has 2 aromatic carbocycles. The van der Waals surface area contributed by atoms with Gasteiger partial charge in [-0.25, -0.2) is 17.9 Å². The molecule has 0 atom stereocenters. The Morgan fingerprint density at radius 3 is 2.75 bits per heavy atom. The molecule has 0 radical (unpaired) electrons. The lowest BCUT2D eigenvalue weighted by molar-refractivity contribution is 0.246. The molecule has 6 nitrogen and oxygen atoms in total. The van der Waals surface area contributed by atoms with Crippen molar-refractivity contribution in [2.24, 2.45) is 0 Å². The predicted molar refractivity (Wildman–Crippen MR) is 92.4 cm³/mol. The largest absolute Gasteiger partial charge is 0.334 e. The van der Waals surface area contributed by atoms with E-state index in [0.29, 0.717) is 6.54 Å². The van der Waals surface area contributed by atoms with E-state index in [0.717, 1.165) is 23.2 Å². The van der Waals surface area contributed by atoms with Gasteiger partial charge in [0.25, 0.3) is 0 Å². The number of rotatable bonds is 4. The van der Waals surface area contributed by atoms with Gasteiger partial charge in [0.15, 0.2) is 0 Å². The lowest BCUT2D eigenvalue weighted by Crippen LogP contribution is -2.38. The fourth-order valence-electron chi connectivity index (χ4n) is 2.76. The quantitative estimate of drug-likeness (QED) is 0.888. The minimum Gasteiger partial charge on any atom is -0.334 e. The zero-order valence-electron chi connectivity index (χ0n) is 13.3. The Bertz CT molecular complexity index is 865. The Labute approximate surface area is 141 Å². The van der Waals surface area contributed by atoms with Crippen molar-refractivity contribution >= 4 is 21.7 Å². The van der Waals surface area contributed by atoms with Crippen LogP contribution in [-0.4, -0.2) is 28.0 Å². The molecule has 0 bridgehead atoms. The Hall–Kier alpha value is -2.38. The van der Waals surface area contributed by atoms with E-state index in [9.17, 15) is 13.2 Å². The molecule has 0 fully saturated rings. The van der Waals surface area contributed by atoms with E-state index in [1.54, 1.807) is 23.1 Å². The SMILES string of the molecule is CNS(=O)(=O)c1cccc(CNC(=O)N2CCc3ccccc32)c1. The number of hydrogen-bond acceptors (Lipinski definition) is 3. The highest BCUT2D eigenvalue weighted by molar-refractivity contribution is 7.89. The number of hydrogen-bond donors (Lipinski definition) is 2. The molecule has 24 heavy (non-hydrogen) atoms. The number of sulfonamides is 1. The number of benzene rings is 2. The summed E-state index contributed by atoms with van der Waals surface area (Å²) in [7, 11) is -2.12. The molecule has 3 rings (SSSR count). The summed E-state index contributed by atoms with van der Waals surface area (Å²) in [4.78, 5) is 14.3. The maximum absolute atomic E-state index is 12.4. The van der Waals surface area contributed by atoms with Gasteiger partial charge in [0.2, 0.25) is 10.0 Å². The summed E-state index contributed by atoms with van der Waals surface area (Å²) in [6.45, 7) is 0.921. The molecule has 0 unspecified atom stereocenters. The van der Waals surface area contributed by atoms with Crippen LogP contribution < -0.4 is 14.9 Å². The third-order valence-corrected chi connectivity index (χ3v) is 5.47. The number of carbonyl (C=O) groups is 1. The van der Waals surface area contributed by atoms with Crippen molar-refractivity contribution in [1.29, 1.82) is 0 Å². The van der Waals surface area contributed by atoms with Crippen LogP contribution in [0.1, 0.15) is 11.1 Å². The number of para-hydroxylation sites is 1. The fraction of sp³-hybridized carbons (Fsp3) is 0.235. The first-order valence-corrected chi connectivity index (χ1v) is 9.15. The molecular formula is C17H19N3O3S. The van der Waals surface area contributed by atoms with Crippen LogP contribution in [0.3, 0.4) is 0 Å². The van der Waals surface area contributed by atoms with Gasteiger partial charge in [0, 0.05) is 18.8 Å². The van der Waals surface area contributed by atoms with Gasteiger partial charge in [-0.1, -0.05) is 30.3 Å². The van der Waals surface area contributed by atoms with Gasteiger partial charge in [-0.15, -0.1) is 0 Å². The van der Waals surface area contributed by atoms with E-state index >= 15 is 0 Å². The molecule has 2 amide bonds. The minimum absolute atomic E-state index is 0.179. The van der Waals surface area contributed by atoms with Crippen LogP contribution in [0.25, 0.3) is 0 Å². The second-order valence-corrected chi connectivity index (χ2v) is 7.43. The van der Waals surface area contributed by atoms with Gasteiger partial charge in [-0.3, -0.25) is 4.90 Å². The van der Waals surface area contributed by atoms with E-state index < -0.39 is 10.0 Å². The summed E-state index contributed by atoms with van der Waals surface area (Å²) in [5, 5.41) is 2.85. The topological polar surface area (TPSA) is 78.5 Å². The number of fused-ring (bicyclic) bond motifs is 1. The average molecular weight is 345 g/mol. The fourth-order valence-corrected chi connectivity index (χ4v) is 3.56. The standard InChI is InChI=1S/C17H19N3O3S/c1-18-24(22,23)15-7-4-5-13(11-15)12-19-17(21)20-10-9-14-6-2-3-8-16(14)20/h2-8,11,18H,9-10,12H2,1H3,(H,19,21). The summed E-state index contributed by atoms with van der Waals surface area (Å²) < 4.78 is 25.9. The Morgan fingerprint density at radius 2 is 1.96 bits per heavy atom. The van der Waals surface area contributed by atoms with Crippen LogP contribution in [0.2, 0.25) is 0 Å². The second kappa shape index (κ2) is 6.62. The molecule has 126 valence electrons. The number of carbonyl (C=O) groups excluding carboxylic acids is 1. The van der Waals surface area contributed by atoms with Gasteiger partial charge in [0.05, 0.1) is 4.90 Å². The molecule has 0 saturated heterocycles. The summed E-state index contributed by atoms with van der Waals surface area (Å²) in [6.07, 6.45) is 0.847. The third-order valence-electron chi connectivity index (χ3n) is 4.05. The van der Waals surface area contributed by atoms with Crippen molar-refractivity contribution in [2.75, 3.05) is 18.5 Å². The molecule has 7 heteroatoms. The smallest absolute Gasteiger partial charge is 0.322 e. The van der Waals surface area contributed by atoms with Crippen molar-refractivity contribution in [2.45, 2.75) is 17.9 Å². The van der Waals surface area contributed by atoms with Crippen LogP contribution >= 0.6 is 0 Å². The zero-order chi connectivity index (χ0) is 17.2. The first-order chi connectivity index (χ1) is 11.5. The van der Waals surface area contributed by atoms with E-state index in [-0.39, 0.29) is 17.5 Å². The Morgan fingerprint density at radius 1 is 1.17 bits per heavy atom. The van der Waals surface area contributed by atoms with Crippen molar-refractivity contribution in [1.82, 2.24) is 10.0 Å². The minimum atomic E-state index is -3.49. The molecule has 2 aromatic rings. The van der Waals surface area contributed by atoms with Crippen LogP contribution in [0.15, 0.2) is 53.4 Å². The van der Waals surface area contributed by atoms with E-state index in [1.807, 2.05) is 24.3 Å². The summed E-state index contributed by atoms with van der Waals surface area (Å²) in [5.74, 6) is 0. The number of urea groups is 1. The summed E-state index contributed by atoms with van der Waals surface area (Å²) in [6, 6.07) is 14.2. The van der Waals surface area contributed by atoms with Gasteiger partial charge < -0.3 is 5.32 Å². The van der Waals surface area contributed by atoms with Crippen molar-refractivity contribution in [3.63, 3.8) is 0 Å². The highest BCUT2D eigenvalue weighted by atomic mass is 32.2. The van der Waals surface area contributed by atoms with Crippen LogP contribution in [-0.2, 0) is 23.0 Å². The number of amides is 2. The highest BCUT2D eigenvalue weighted by Gasteiger charge is 2.23. The van der Waals surface area contributed by atoms with Crippen LogP contribution in [0.5, 0.6) is 0 Å².